The van der Waals surface area contributed by atoms with E-state index in [2.05, 4.69) is 20.9 Å². The quantitative estimate of drug-likeness (QED) is 0.235. The molecule has 3 N–H and O–H groups in total. The normalized spacial score (nSPS) is 10.6. The number of carbonyl (C=O) groups excluding carboxylic acids is 1. The number of amides is 1. The Balaban J connectivity index is 0.00000364. The van der Waals surface area contributed by atoms with E-state index in [0.29, 0.717) is 41.9 Å². The van der Waals surface area contributed by atoms with Crippen molar-refractivity contribution in [1.82, 2.24) is 16.0 Å². The van der Waals surface area contributed by atoms with Gasteiger partial charge in [-0.05, 0) is 29.8 Å². The maximum absolute atomic E-state index is 12.1. The summed E-state index contributed by atoms with van der Waals surface area (Å²) in [6.07, 6.45) is 0. The molecule has 2 aromatic rings. The number of hydrogen-bond donors (Lipinski definition) is 3. The first kappa shape index (κ1) is 23.0. The van der Waals surface area contributed by atoms with E-state index in [9.17, 15) is 4.79 Å². The predicted octanol–water partition coefficient (Wildman–Crippen LogP) is 3.06. The van der Waals surface area contributed by atoms with Crippen LogP contribution in [0.25, 0.3) is 0 Å². The van der Waals surface area contributed by atoms with Crippen molar-refractivity contribution >= 4 is 47.4 Å². The fourth-order valence-corrected chi connectivity index (χ4v) is 2.47. The van der Waals surface area contributed by atoms with Crippen LogP contribution in [0.2, 0.25) is 5.02 Å². The number of hydrogen-bond acceptors (Lipinski definition) is 3. The van der Waals surface area contributed by atoms with E-state index in [1.807, 2.05) is 24.3 Å². The van der Waals surface area contributed by atoms with Crippen molar-refractivity contribution in [3.63, 3.8) is 0 Å². The van der Waals surface area contributed by atoms with Crippen LogP contribution in [-0.4, -0.2) is 39.1 Å². The van der Waals surface area contributed by atoms with Crippen molar-refractivity contribution in [3.05, 3.63) is 64.7 Å². The Morgan fingerprint density at radius 2 is 1.81 bits per heavy atom. The minimum Gasteiger partial charge on any atom is -0.497 e. The molecule has 27 heavy (non-hydrogen) atoms. The summed E-state index contributed by atoms with van der Waals surface area (Å²) in [6, 6.07) is 14.7. The lowest BCUT2D eigenvalue weighted by molar-refractivity contribution is 0.0954. The zero-order chi connectivity index (χ0) is 18.8. The van der Waals surface area contributed by atoms with Crippen LogP contribution < -0.4 is 20.7 Å². The summed E-state index contributed by atoms with van der Waals surface area (Å²) in [5, 5.41) is 9.89. The summed E-state index contributed by atoms with van der Waals surface area (Å²) in [5.41, 5.74) is 1.55. The molecular formula is C19H24ClIN4O2. The maximum atomic E-state index is 12.1. The third-order valence-corrected chi connectivity index (χ3v) is 4.03. The van der Waals surface area contributed by atoms with Crippen molar-refractivity contribution in [2.75, 3.05) is 27.2 Å². The summed E-state index contributed by atoms with van der Waals surface area (Å²) >= 11 is 6.14. The molecule has 146 valence electrons. The van der Waals surface area contributed by atoms with Gasteiger partial charge in [-0.25, -0.2) is 0 Å². The molecule has 0 spiro atoms. The highest BCUT2D eigenvalue weighted by Gasteiger charge is 2.06. The third kappa shape index (κ3) is 7.64. The Hall–Kier alpha value is -2.00. The first-order valence-corrected chi connectivity index (χ1v) is 8.62. The summed E-state index contributed by atoms with van der Waals surface area (Å²) in [7, 11) is 3.26. The standard InChI is InChI=1S/C19H23ClN4O2.HI/c1-21-19(24-13-15-6-3-4-9-17(15)20)23-11-10-22-18(25)14-7-5-8-16(12-14)26-2;/h3-9,12H,10-11,13H2,1-2H3,(H,22,25)(H2,21,23,24);1H. The van der Waals surface area contributed by atoms with Gasteiger partial charge in [-0.3, -0.25) is 9.79 Å². The molecule has 8 heteroatoms. The Kier molecular flexibility index (Phi) is 10.6. The Morgan fingerprint density at radius 1 is 1.07 bits per heavy atom. The first-order valence-electron chi connectivity index (χ1n) is 8.24. The fourth-order valence-electron chi connectivity index (χ4n) is 2.26. The summed E-state index contributed by atoms with van der Waals surface area (Å²) in [4.78, 5) is 16.3. The topological polar surface area (TPSA) is 74.8 Å². The van der Waals surface area contributed by atoms with Gasteiger partial charge in [-0.2, -0.15) is 0 Å². The average molecular weight is 503 g/mol. The molecule has 2 rings (SSSR count). The second-order valence-corrected chi connectivity index (χ2v) is 5.84. The van der Waals surface area contributed by atoms with Gasteiger partial charge in [0.15, 0.2) is 5.96 Å². The molecule has 0 saturated carbocycles. The van der Waals surface area contributed by atoms with E-state index >= 15 is 0 Å². The largest absolute Gasteiger partial charge is 0.497 e. The molecule has 0 unspecified atom stereocenters. The van der Waals surface area contributed by atoms with Crippen LogP contribution in [0.4, 0.5) is 0 Å². The number of aliphatic imine (C=N–C) groups is 1. The van der Waals surface area contributed by atoms with Crippen LogP contribution in [0.5, 0.6) is 5.75 Å². The van der Waals surface area contributed by atoms with E-state index in [-0.39, 0.29) is 29.9 Å². The second kappa shape index (κ2) is 12.4. The Labute approximate surface area is 181 Å². The predicted molar refractivity (Wildman–Crippen MR) is 120 cm³/mol. The van der Waals surface area contributed by atoms with Crippen LogP contribution in [-0.2, 0) is 6.54 Å². The van der Waals surface area contributed by atoms with Crippen molar-refractivity contribution in [2.24, 2.45) is 4.99 Å². The van der Waals surface area contributed by atoms with E-state index in [0.717, 1.165) is 5.56 Å². The second-order valence-electron chi connectivity index (χ2n) is 5.43. The van der Waals surface area contributed by atoms with Gasteiger partial charge in [0.1, 0.15) is 5.75 Å². The minimum atomic E-state index is -0.148. The van der Waals surface area contributed by atoms with Gasteiger partial charge in [-0.15, -0.1) is 24.0 Å². The third-order valence-electron chi connectivity index (χ3n) is 3.66. The van der Waals surface area contributed by atoms with E-state index in [1.165, 1.54) is 0 Å². The molecule has 0 aliphatic rings. The lowest BCUT2D eigenvalue weighted by atomic mass is 10.2. The Morgan fingerprint density at radius 3 is 2.52 bits per heavy atom. The van der Waals surface area contributed by atoms with Gasteiger partial charge < -0.3 is 20.7 Å². The smallest absolute Gasteiger partial charge is 0.251 e. The zero-order valence-electron chi connectivity index (χ0n) is 15.3. The van der Waals surface area contributed by atoms with Gasteiger partial charge in [0.25, 0.3) is 5.91 Å². The molecule has 0 radical (unpaired) electrons. The van der Waals surface area contributed by atoms with Gasteiger partial charge in [0, 0.05) is 37.3 Å². The van der Waals surface area contributed by atoms with Gasteiger partial charge in [-0.1, -0.05) is 35.9 Å². The van der Waals surface area contributed by atoms with Crippen LogP contribution in [0, 0.1) is 0 Å². The van der Waals surface area contributed by atoms with Crippen LogP contribution in [0.3, 0.4) is 0 Å². The molecular weight excluding hydrogens is 479 g/mol. The summed E-state index contributed by atoms with van der Waals surface area (Å²) in [5.74, 6) is 1.14. The summed E-state index contributed by atoms with van der Waals surface area (Å²) < 4.78 is 5.12. The highest BCUT2D eigenvalue weighted by Crippen LogP contribution is 2.14. The average Bonchev–Trinajstić information content (AvgIpc) is 2.68. The van der Waals surface area contributed by atoms with E-state index < -0.39 is 0 Å². The molecule has 6 nitrogen and oxygen atoms in total. The van der Waals surface area contributed by atoms with Crippen molar-refractivity contribution in [3.8, 4) is 5.75 Å². The molecule has 0 atom stereocenters. The fraction of sp³-hybridized carbons (Fsp3) is 0.263. The molecule has 0 aliphatic heterocycles. The van der Waals surface area contributed by atoms with Crippen LogP contribution in [0.15, 0.2) is 53.5 Å². The van der Waals surface area contributed by atoms with Gasteiger partial charge in [0.2, 0.25) is 0 Å². The molecule has 0 aromatic heterocycles. The minimum absolute atomic E-state index is 0. The molecule has 0 saturated heterocycles. The van der Waals surface area contributed by atoms with Crippen LogP contribution in [0.1, 0.15) is 15.9 Å². The monoisotopic (exact) mass is 502 g/mol. The SMILES string of the molecule is CN=C(NCCNC(=O)c1cccc(OC)c1)NCc1ccccc1Cl.I. The Bertz CT molecular complexity index is 771. The zero-order valence-corrected chi connectivity index (χ0v) is 18.4. The number of ether oxygens (including phenoxy) is 1. The van der Waals surface area contributed by atoms with Gasteiger partial charge >= 0.3 is 0 Å². The highest BCUT2D eigenvalue weighted by molar-refractivity contribution is 14.0. The maximum Gasteiger partial charge on any atom is 0.251 e. The number of methoxy groups -OCH3 is 1. The number of carbonyl (C=O) groups is 1. The van der Waals surface area contributed by atoms with Crippen LogP contribution >= 0.6 is 35.6 Å². The number of halogens is 2. The van der Waals surface area contributed by atoms with Crippen molar-refractivity contribution in [2.45, 2.75) is 6.54 Å². The lowest BCUT2D eigenvalue weighted by Gasteiger charge is -2.13. The highest BCUT2D eigenvalue weighted by atomic mass is 127. The number of benzene rings is 2. The first-order chi connectivity index (χ1) is 12.6. The molecule has 2 aromatic carbocycles. The van der Waals surface area contributed by atoms with Gasteiger partial charge in [0.05, 0.1) is 7.11 Å². The molecule has 0 aliphatic carbocycles. The molecule has 0 bridgehead atoms. The van der Waals surface area contributed by atoms with Crippen molar-refractivity contribution in [1.29, 1.82) is 0 Å². The number of guanidine groups is 1. The molecule has 0 fully saturated rings. The molecule has 1 amide bonds. The number of nitrogens with one attached hydrogen (secondary N) is 3. The molecule has 0 heterocycles. The number of rotatable bonds is 7. The summed E-state index contributed by atoms with van der Waals surface area (Å²) in [6.45, 7) is 1.57. The van der Waals surface area contributed by atoms with E-state index in [4.69, 9.17) is 16.3 Å². The lowest BCUT2D eigenvalue weighted by Crippen LogP contribution is -2.41. The van der Waals surface area contributed by atoms with Crippen molar-refractivity contribution < 1.29 is 9.53 Å². The van der Waals surface area contributed by atoms with E-state index in [1.54, 1.807) is 38.4 Å². The number of nitrogens with zero attached hydrogens (tertiary/aromatic N) is 1.